The molecule has 3 heteroatoms. The van der Waals surface area contributed by atoms with Crippen LogP contribution in [0.15, 0.2) is 0 Å². The van der Waals surface area contributed by atoms with E-state index in [-0.39, 0.29) is 11.9 Å². The van der Waals surface area contributed by atoms with E-state index in [1.165, 1.54) is 51.4 Å². The number of carbonyl (C=O) groups excluding carboxylic acids is 1. The smallest absolute Gasteiger partial charge is 0.236 e. The lowest BCUT2D eigenvalue weighted by molar-refractivity contribution is -0.123. The van der Waals surface area contributed by atoms with Gasteiger partial charge < -0.3 is 10.6 Å². The second kappa shape index (κ2) is 6.93. The molecule has 2 saturated carbocycles. The van der Waals surface area contributed by atoms with Crippen molar-refractivity contribution in [1.82, 2.24) is 10.6 Å². The second-order valence-electron chi connectivity index (χ2n) is 7.44. The molecule has 2 rings (SSSR count). The lowest BCUT2D eigenvalue weighted by atomic mass is 9.71. The quantitative estimate of drug-likeness (QED) is 0.811. The summed E-state index contributed by atoms with van der Waals surface area (Å²) in [6, 6.07) is 0.532. The molecule has 2 fully saturated rings. The number of hydrogen-bond acceptors (Lipinski definition) is 2. The van der Waals surface area contributed by atoms with Crippen molar-refractivity contribution in [2.24, 2.45) is 11.3 Å². The highest BCUT2D eigenvalue weighted by atomic mass is 16.2. The van der Waals surface area contributed by atoms with E-state index in [0.29, 0.717) is 17.4 Å². The molecule has 0 aromatic heterocycles. The van der Waals surface area contributed by atoms with Gasteiger partial charge in [0.05, 0.1) is 6.04 Å². The maximum absolute atomic E-state index is 12.0. The SMILES string of the molecule is CNC(=O)C(CC(C)C)NC1CCC2(CCCC2)CC1. The summed E-state index contributed by atoms with van der Waals surface area (Å²) in [7, 11) is 1.74. The molecule has 0 saturated heterocycles. The van der Waals surface area contributed by atoms with E-state index < -0.39 is 0 Å². The average molecular weight is 280 g/mol. The number of likely N-dealkylation sites (N-methyl/N-ethyl adjacent to an activating group) is 1. The summed E-state index contributed by atoms with van der Waals surface area (Å²) >= 11 is 0. The Bertz CT molecular complexity index is 311. The standard InChI is InChI=1S/C17H32N2O/c1-13(2)12-15(16(20)18-3)19-14-6-10-17(11-7-14)8-4-5-9-17/h13-15,19H,4-12H2,1-3H3,(H,18,20). The van der Waals surface area contributed by atoms with Crippen molar-refractivity contribution < 1.29 is 4.79 Å². The third kappa shape index (κ3) is 3.97. The Hall–Kier alpha value is -0.570. The van der Waals surface area contributed by atoms with Crippen molar-refractivity contribution >= 4 is 5.91 Å². The minimum atomic E-state index is -0.0115. The average Bonchev–Trinajstić information content (AvgIpc) is 2.88. The predicted molar refractivity (Wildman–Crippen MR) is 83.6 cm³/mol. The van der Waals surface area contributed by atoms with Crippen LogP contribution in [0.2, 0.25) is 0 Å². The highest BCUT2D eigenvalue weighted by Gasteiger charge is 2.38. The van der Waals surface area contributed by atoms with Crippen molar-refractivity contribution in [3.8, 4) is 0 Å². The summed E-state index contributed by atoms with van der Waals surface area (Å²) in [4.78, 5) is 12.0. The molecular weight excluding hydrogens is 248 g/mol. The Morgan fingerprint density at radius 2 is 1.75 bits per heavy atom. The summed E-state index contributed by atoms with van der Waals surface area (Å²) in [6.07, 6.45) is 12.0. The molecule has 0 heterocycles. The summed E-state index contributed by atoms with van der Waals surface area (Å²) in [6.45, 7) is 4.37. The Balaban J connectivity index is 1.84. The van der Waals surface area contributed by atoms with Gasteiger partial charge >= 0.3 is 0 Å². The molecule has 1 amide bonds. The Morgan fingerprint density at radius 1 is 1.15 bits per heavy atom. The zero-order valence-electron chi connectivity index (χ0n) is 13.5. The maximum atomic E-state index is 12.0. The molecule has 20 heavy (non-hydrogen) atoms. The number of rotatable bonds is 5. The summed E-state index contributed by atoms with van der Waals surface area (Å²) in [5, 5.41) is 6.44. The molecule has 2 N–H and O–H groups in total. The molecule has 1 spiro atoms. The topological polar surface area (TPSA) is 41.1 Å². The van der Waals surface area contributed by atoms with Gasteiger partial charge in [0, 0.05) is 13.1 Å². The Kier molecular flexibility index (Phi) is 5.48. The molecule has 1 atom stereocenters. The van der Waals surface area contributed by atoms with Gasteiger partial charge in [0.1, 0.15) is 0 Å². The molecule has 0 bridgehead atoms. The van der Waals surface area contributed by atoms with Gasteiger partial charge in [0.25, 0.3) is 0 Å². The van der Waals surface area contributed by atoms with Gasteiger partial charge in [-0.15, -0.1) is 0 Å². The minimum absolute atomic E-state index is 0.0115. The van der Waals surface area contributed by atoms with Crippen molar-refractivity contribution in [2.75, 3.05) is 7.05 Å². The zero-order chi connectivity index (χ0) is 14.6. The molecule has 0 aromatic carbocycles. The van der Waals surface area contributed by atoms with Crippen LogP contribution in [0.1, 0.15) is 71.6 Å². The fourth-order valence-electron chi connectivity index (χ4n) is 4.20. The summed E-state index contributed by atoms with van der Waals surface area (Å²) < 4.78 is 0. The van der Waals surface area contributed by atoms with E-state index in [1.807, 2.05) is 0 Å². The maximum Gasteiger partial charge on any atom is 0.236 e. The predicted octanol–water partition coefficient (Wildman–Crippen LogP) is 3.24. The van der Waals surface area contributed by atoms with Crippen molar-refractivity contribution in [3.63, 3.8) is 0 Å². The first kappa shape index (κ1) is 15.8. The number of nitrogens with one attached hydrogen (secondary N) is 2. The van der Waals surface area contributed by atoms with Crippen molar-refractivity contribution in [2.45, 2.75) is 83.7 Å². The van der Waals surface area contributed by atoms with Crippen LogP contribution in [0, 0.1) is 11.3 Å². The van der Waals surface area contributed by atoms with Gasteiger partial charge in [0.2, 0.25) is 5.91 Å². The number of amides is 1. The molecule has 0 radical (unpaired) electrons. The number of hydrogen-bond donors (Lipinski definition) is 2. The third-order valence-corrected chi connectivity index (χ3v) is 5.42. The van der Waals surface area contributed by atoms with Gasteiger partial charge in [-0.3, -0.25) is 4.79 Å². The van der Waals surface area contributed by atoms with Crippen LogP contribution in [-0.4, -0.2) is 25.0 Å². The van der Waals surface area contributed by atoms with Crippen LogP contribution >= 0.6 is 0 Å². The molecule has 1 unspecified atom stereocenters. The van der Waals surface area contributed by atoms with E-state index in [9.17, 15) is 4.79 Å². The van der Waals surface area contributed by atoms with E-state index in [4.69, 9.17) is 0 Å². The molecule has 2 aliphatic rings. The first-order chi connectivity index (χ1) is 9.54. The Morgan fingerprint density at radius 3 is 2.25 bits per heavy atom. The molecule has 3 nitrogen and oxygen atoms in total. The van der Waals surface area contributed by atoms with E-state index in [2.05, 4.69) is 24.5 Å². The van der Waals surface area contributed by atoms with Crippen LogP contribution < -0.4 is 10.6 Å². The summed E-state index contributed by atoms with van der Waals surface area (Å²) in [5.41, 5.74) is 0.679. The minimum Gasteiger partial charge on any atom is -0.358 e. The first-order valence-corrected chi connectivity index (χ1v) is 8.52. The summed E-state index contributed by atoms with van der Waals surface area (Å²) in [5.74, 6) is 0.703. The van der Waals surface area contributed by atoms with Gasteiger partial charge in [0.15, 0.2) is 0 Å². The number of carbonyl (C=O) groups is 1. The van der Waals surface area contributed by atoms with Crippen LogP contribution in [-0.2, 0) is 4.79 Å². The molecule has 0 aliphatic heterocycles. The van der Waals surface area contributed by atoms with Crippen molar-refractivity contribution in [1.29, 1.82) is 0 Å². The van der Waals surface area contributed by atoms with Gasteiger partial charge in [-0.25, -0.2) is 0 Å². The second-order valence-corrected chi connectivity index (χ2v) is 7.44. The largest absolute Gasteiger partial charge is 0.358 e. The fourth-order valence-corrected chi connectivity index (χ4v) is 4.20. The lowest BCUT2D eigenvalue weighted by Gasteiger charge is -2.39. The molecular formula is C17H32N2O. The van der Waals surface area contributed by atoms with Gasteiger partial charge in [-0.1, -0.05) is 26.7 Å². The van der Waals surface area contributed by atoms with E-state index >= 15 is 0 Å². The first-order valence-electron chi connectivity index (χ1n) is 8.52. The van der Waals surface area contributed by atoms with Crippen LogP contribution in [0.4, 0.5) is 0 Å². The lowest BCUT2D eigenvalue weighted by Crippen LogP contribution is -2.49. The normalized spacial score (nSPS) is 24.2. The van der Waals surface area contributed by atoms with E-state index in [0.717, 1.165) is 6.42 Å². The Labute approximate surface area is 124 Å². The van der Waals surface area contributed by atoms with Crippen LogP contribution in [0.3, 0.4) is 0 Å². The monoisotopic (exact) mass is 280 g/mol. The van der Waals surface area contributed by atoms with Crippen LogP contribution in [0.25, 0.3) is 0 Å². The molecule has 2 aliphatic carbocycles. The highest BCUT2D eigenvalue weighted by Crippen LogP contribution is 2.48. The highest BCUT2D eigenvalue weighted by molar-refractivity contribution is 5.81. The van der Waals surface area contributed by atoms with Crippen LogP contribution in [0.5, 0.6) is 0 Å². The van der Waals surface area contributed by atoms with Gasteiger partial charge in [-0.05, 0) is 56.3 Å². The van der Waals surface area contributed by atoms with Crippen molar-refractivity contribution in [3.05, 3.63) is 0 Å². The fraction of sp³-hybridized carbons (Fsp3) is 0.941. The third-order valence-electron chi connectivity index (χ3n) is 5.42. The molecule has 116 valence electrons. The van der Waals surface area contributed by atoms with Gasteiger partial charge in [-0.2, -0.15) is 0 Å². The van der Waals surface area contributed by atoms with E-state index in [1.54, 1.807) is 7.05 Å². The zero-order valence-corrected chi connectivity index (χ0v) is 13.5. The molecule has 0 aromatic rings.